The summed E-state index contributed by atoms with van der Waals surface area (Å²) in [5.41, 5.74) is 0.328. The lowest BCUT2D eigenvalue weighted by molar-refractivity contribution is -0.127. The lowest BCUT2D eigenvalue weighted by atomic mass is 10.2. The number of ether oxygens (including phenoxy) is 4. The molecule has 0 aliphatic carbocycles. The maximum atomic E-state index is 13.7. The van der Waals surface area contributed by atoms with Crippen molar-refractivity contribution in [2.75, 3.05) is 27.4 Å². The van der Waals surface area contributed by atoms with Crippen LogP contribution in [0, 0.1) is 0 Å². The fraction of sp³-hybridized carbons (Fsp3) is 0.346. The van der Waals surface area contributed by atoms with Gasteiger partial charge in [-0.1, -0.05) is 29.3 Å². The Labute approximate surface area is 242 Å². The molecule has 2 atom stereocenters. The summed E-state index contributed by atoms with van der Waals surface area (Å²) in [4.78, 5) is 21.4. The Kier molecular flexibility index (Phi) is 11.4. The third-order valence-corrected chi connectivity index (χ3v) is 8.10. The summed E-state index contributed by atoms with van der Waals surface area (Å²) < 4.78 is 46.4. The molecule has 0 fully saturated rings. The van der Waals surface area contributed by atoms with Gasteiger partial charge in [-0.25, -0.2) is 0 Å². The Morgan fingerprint density at radius 3 is 2.02 bits per heavy atom. The number of halogens is 2. The molecule has 1 aromatic heterocycles. The molecule has 0 saturated heterocycles. The molecule has 3 rings (SSSR count). The van der Waals surface area contributed by atoms with Crippen molar-refractivity contribution in [3.05, 3.63) is 64.1 Å². The molecule has 11 nitrogen and oxygen atoms in total. The molecule has 1 amide bonds. The van der Waals surface area contributed by atoms with Crippen LogP contribution in [0.25, 0.3) is 0 Å². The summed E-state index contributed by atoms with van der Waals surface area (Å²) in [6.07, 6.45) is -0.997. The number of carbonyl (C=O) groups is 1. The molecule has 2 unspecified atom stereocenters. The molecule has 14 heteroatoms. The van der Waals surface area contributed by atoms with E-state index in [-0.39, 0.29) is 36.0 Å². The second kappa shape index (κ2) is 14.5. The number of aromatic nitrogens is 2. The quantitative estimate of drug-likeness (QED) is 0.203. The van der Waals surface area contributed by atoms with Gasteiger partial charge in [0.25, 0.3) is 5.91 Å². The molecule has 0 radical (unpaired) electrons. The van der Waals surface area contributed by atoms with E-state index >= 15 is 0 Å². The van der Waals surface area contributed by atoms with Crippen LogP contribution in [0.4, 0.5) is 0 Å². The SMILES string of the molecule is CCOP(=O)(OCC)C(NC(=O)C(C)Oc1ccc(Oc2nc(OC)cc(OC)n2)cc1)c1ccc(Cl)cc1Cl. The Balaban J connectivity index is 1.75. The van der Waals surface area contributed by atoms with Crippen molar-refractivity contribution in [1.29, 1.82) is 0 Å². The summed E-state index contributed by atoms with van der Waals surface area (Å²) in [6, 6.07) is 12.6. The van der Waals surface area contributed by atoms with E-state index in [9.17, 15) is 9.36 Å². The van der Waals surface area contributed by atoms with Gasteiger partial charge < -0.3 is 33.3 Å². The Morgan fingerprint density at radius 2 is 1.50 bits per heavy atom. The first-order chi connectivity index (χ1) is 19.1. The predicted molar refractivity (Wildman–Crippen MR) is 150 cm³/mol. The standard InChI is InChI=1S/C26H30Cl2N3O8P/c1-6-36-40(33,37-7-2)25(20-13-8-17(27)14-21(20)28)31-24(32)16(3)38-18-9-11-19(12-10-18)39-26-29-22(34-4)15-23(30-26)35-5/h8-16,25H,6-7H2,1-5H3,(H,31,32). The van der Waals surface area contributed by atoms with Gasteiger partial charge in [-0.2, -0.15) is 9.97 Å². The zero-order chi connectivity index (χ0) is 29.3. The van der Waals surface area contributed by atoms with Crippen LogP contribution in [-0.2, 0) is 18.4 Å². The van der Waals surface area contributed by atoms with E-state index in [1.807, 2.05) is 0 Å². The highest BCUT2D eigenvalue weighted by molar-refractivity contribution is 7.54. The summed E-state index contributed by atoms with van der Waals surface area (Å²) in [5.74, 6) is -0.445. The molecule has 0 spiro atoms. The van der Waals surface area contributed by atoms with Crippen LogP contribution in [0.15, 0.2) is 48.5 Å². The molecule has 0 aliphatic rings. The first-order valence-corrected chi connectivity index (χ1v) is 14.5. The van der Waals surface area contributed by atoms with Crippen LogP contribution in [0.5, 0.6) is 29.3 Å². The number of hydrogen-bond donors (Lipinski definition) is 1. The molecule has 0 saturated carbocycles. The molecule has 0 bridgehead atoms. The largest absolute Gasteiger partial charge is 0.481 e. The van der Waals surface area contributed by atoms with Crippen molar-refractivity contribution in [2.24, 2.45) is 0 Å². The van der Waals surface area contributed by atoms with Gasteiger partial charge in [-0.3, -0.25) is 9.36 Å². The molecule has 2 aromatic carbocycles. The Bertz CT molecular complexity index is 1310. The van der Waals surface area contributed by atoms with Gasteiger partial charge in [0.2, 0.25) is 11.8 Å². The zero-order valence-electron chi connectivity index (χ0n) is 22.6. The third kappa shape index (κ3) is 8.22. The van der Waals surface area contributed by atoms with Gasteiger partial charge in [0, 0.05) is 15.6 Å². The van der Waals surface area contributed by atoms with Crippen molar-refractivity contribution in [1.82, 2.24) is 15.3 Å². The van der Waals surface area contributed by atoms with Gasteiger partial charge in [-0.05, 0) is 57.2 Å². The third-order valence-electron chi connectivity index (χ3n) is 5.26. The molecule has 216 valence electrons. The van der Waals surface area contributed by atoms with Gasteiger partial charge in [0.1, 0.15) is 11.5 Å². The van der Waals surface area contributed by atoms with Crippen LogP contribution in [0.2, 0.25) is 10.0 Å². The average molecular weight is 614 g/mol. The lowest BCUT2D eigenvalue weighted by Gasteiger charge is -2.29. The van der Waals surface area contributed by atoms with Crippen molar-refractivity contribution in [3.63, 3.8) is 0 Å². The molecular formula is C26H30Cl2N3O8P. The highest BCUT2D eigenvalue weighted by Gasteiger charge is 2.40. The van der Waals surface area contributed by atoms with E-state index in [2.05, 4.69) is 15.3 Å². The number of nitrogens with zero attached hydrogens (tertiary/aromatic N) is 2. The maximum absolute atomic E-state index is 13.7. The average Bonchev–Trinajstić information content (AvgIpc) is 2.93. The van der Waals surface area contributed by atoms with E-state index < -0.39 is 25.4 Å². The van der Waals surface area contributed by atoms with Crippen molar-refractivity contribution in [3.8, 4) is 29.3 Å². The molecule has 1 N–H and O–H groups in total. The number of rotatable bonds is 14. The number of methoxy groups -OCH3 is 2. The van der Waals surface area contributed by atoms with E-state index in [4.69, 9.17) is 51.2 Å². The highest BCUT2D eigenvalue weighted by Crippen LogP contribution is 2.60. The van der Waals surface area contributed by atoms with Crippen LogP contribution in [0.1, 0.15) is 32.1 Å². The maximum Gasteiger partial charge on any atom is 0.357 e. The van der Waals surface area contributed by atoms with E-state index in [1.165, 1.54) is 26.4 Å². The number of benzene rings is 2. The van der Waals surface area contributed by atoms with Gasteiger partial charge >= 0.3 is 13.6 Å². The highest BCUT2D eigenvalue weighted by atomic mass is 35.5. The monoisotopic (exact) mass is 613 g/mol. The van der Waals surface area contributed by atoms with Gasteiger partial charge in [0.15, 0.2) is 11.9 Å². The normalized spacial score (nSPS) is 12.8. The molecule has 1 heterocycles. The minimum atomic E-state index is -3.88. The van der Waals surface area contributed by atoms with Crippen molar-refractivity contribution >= 4 is 36.7 Å². The number of hydrogen-bond acceptors (Lipinski definition) is 10. The fourth-order valence-electron chi connectivity index (χ4n) is 3.44. The minimum Gasteiger partial charge on any atom is -0.481 e. The van der Waals surface area contributed by atoms with Gasteiger partial charge in [0.05, 0.1) is 33.5 Å². The summed E-state index contributed by atoms with van der Waals surface area (Å²) in [6.45, 7) is 5.06. The predicted octanol–water partition coefficient (Wildman–Crippen LogP) is 6.44. The van der Waals surface area contributed by atoms with Crippen LogP contribution in [0.3, 0.4) is 0 Å². The van der Waals surface area contributed by atoms with Crippen molar-refractivity contribution < 1.29 is 37.4 Å². The topological polar surface area (TPSA) is 127 Å². The second-order valence-corrected chi connectivity index (χ2v) is 11.0. The van der Waals surface area contributed by atoms with Crippen molar-refractivity contribution in [2.45, 2.75) is 32.7 Å². The smallest absolute Gasteiger partial charge is 0.357 e. The summed E-state index contributed by atoms with van der Waals surface area (Å²) in [5, 5.41) is 3.29. The fourth-order valence-corrected chi connectivity index (χ4v) is 5.97. The van der Waals surface area contributed by atoms with E-state index in [0.717, 1.165) is 0 Å². The summed E-state index contributed by atoms with van der Waals surface area (Å²) >= 11 is 12.4. The van der Waals surface area contributed by atoms with Crippen LogP contribution < -0.4 is 24.3 Å². The second-order valence-electron chi connectivity index (χ2n) is 8.02. The minimum absolute atomic E-state index is 0.0255. The molecular weight excluding hydrogens is 584 g/mol. The number of amides is 1. The molecule has 0 aliphatic heterocycles. The number of nitrogens with one attached hydrogen (secondary N) is 1. The van der Waals surface area contributed by atoms with E-state index in [0.29, 0.717) is 22.1 Å². The first-order valence-electron chi connectivity index (χ1n) is 12.2. The van der Waals surface area contributed by atoms with E-state index in [1.54, 1.807) is 57.2 Å². The Hall–Kier alpha value is -3.08. The first kappa shape index (κ1) is 31.4. The molecule has 40 heavy (non-hydrogen) atoms. The summed E-state index contributed by atoms with van der Waals surface area (Å²) in [7, 11) is -0.951. The Morgan fingerprint density at radius 1 is 0.925 bits per heavy atom. The number of carbonyl (C=O) groups excluding carboxylic acids is 1. The lowest BCUT2D eigenvalue weighted by Crippen LogP contribution is -2.39. The van der Waals surface area contributed by atoms with Crippen LogP contribution in [-0.4, -0.2) is 49.4 Å². The molecule has 3 aromatic rings. The van der Waals surface area contributed by atoms with Crippen LogP contribution >= 0.6 is 30.8 Å². The zero-order valence-corrected chi connectivity index (χ0v) is 25.0. The van der Waals surface area contributed by atoms with Gasteiger partial charge in [-0.15, -0.1) is 0 Å².